The van der Waals surface area contributed by atoms with Crippen LogP contribution in [0, 0.1) is 10.1 Å². The van der Waals surface area contributed by atoms with E-state index in [1.165, 1.54) is 12.1 Å². The Morgan fingerprint density at radius 2 is 1.87 bits per heavy atom. The molecule has 0 spiro atoms. The summed E-state index contributed by atoms with van der Waals surface area (Å²) in [6.07, 6.45) is -3.88. The molecule has 1 heterocycles. The Kier molecular flexibility index (Phi) is 8.63. The van der Waals surface area contributed by atoms with Gasteiger partial charge in [0, 0.05) is 51.4 Å². The van der Waals surface area contributed by atoms with Gasteiger partial charge in [-0.05, 0) is 32.4 Å². The summed E-state index contributed by atoms with van der Waals surface area (Å²) in [6.45, 7) is 4.71. The SMILES string of the molecule is CC(C)NS(=O)(=O)c1ccc(N2CCN(CCCOCC(F)(F)F)CC2)c([N+](=O)[O-])c1. The van der Waals surface area contributed by atoms with Gasteiger partial charge in [0.15, 0.2) is 0 Å². The first-order valence-corrected chi connectivity index (χ1v) is 11.3. The minimum Gasteiger partial charge on any atom is -0.372 e. The van der Waals surface area contributed by atoms with Gasteiger partial charge in [-0.1, -0.05) is 0 Å². The molecule has 0 atom stereocenters. The number of halogens is 3. The predicted molar refractivity (Wildman–Crippen MR) is 109 cm³/mol. The summed E-state index contributed by atoms with van der Waals surface area (Å²) in [7, 11) is -3.86. The van der Waals surface area contributed by atoms with Gasteiger partial charge >= 0.3 is 6.18 Å². The molecule has 0 saturated carbocycles. The van der Waals surface area contributed by atoms with Crippen LogP contribution in [-0.2, 0) is 14.8 Å². The Bertz CT molecular complexity index is 856. The number of nitro groups is 1. The monoisotopic (exact) mass is 468 g/mol. The molecule has 1 aliphatic rings. The molecule has 0 bridgehead atoms. The third kappa shape index (κ3) is 7.91. The van der Waals surface area contributed by atoms with E-state index in [4.69, 9.17) is 0 Å². The van der Waals surface area contributed by atoms with Crippen LogP contribution in [-0.4, -0.2) is 76.4 Å². The van der Waals surface area contributed by atoms with Crippen LogP contribution in [0.25, 0.3) is 0 Å². The second kappa shape index (κ2) is 10.6. The average molecular weight is 468 g/mol. The molecular formula is C18H27F3N4O5S. The highest BCUT2D eigenvalue weighted by Crippen LogP contribution is 2.31. The highest BCUT2D eigenvalue weighted by molar-refractivity contribution is 7.89. The number of anilines is 1. The lowest BCUT2D eigenvalue weighted by Crippen LogP contribution is -2.47. The van der Waals surface area contributed by atoms with Crippen molar-refractivity contribution in [3.8, 4) is 0 Å². The van der Waals surface area contributed by atoms with Crippen LogP contribution in [0.5, 0.6) is 0 Å². The van der Waals surface area contributed by atoms with E-state index >= 15 is 0 Å². The number of ether oxygens (including phenoxy) is 1. The number of sulfonamides is 1. The number of nitrogens with one attached hydrogen (secondary N) is 1. The highest BCUT2D eigenvalue weighted by atomic mass is 32.2. The van der Waals surface area contributed by atoms with Crippen molar-refractivity contribution in [2.24, 2.45) is 0 Å². The number of rotatable bonds is 10. The smallest absolute Gasteiger partial charge is 0.372 e. The molecule has 31 heavy (non-hydrogen) atoms. The maximum absolute atomic E-state index is 12.3. The number of nitro benzene ring substituents is 1. The Hall–Kier alpha value is -1.96. The van der Waals surface area contributed by atoms with Gasteiger partial charge in [0.1, 0.15) is 12.3 Å². The molecule has 0 aliphatic carbocycles. The number of hydrogen-bond donors (Lipinski definition) is 1. The van der Waals surface area contributed by atoms with E-state index in [-0.39, 0.29) is 23.2 Å². The van der Waals surface area contributed by atoms with Crippen molar-refractivity contribution in [2.45, 2.75) is 37.4 Å². The van der Waals surface area contributed by atoms with Crippen LogP contribution in [0.15, 0.2) is 23.1 Å². The molecule has 9 nitrogen and oxygen atoms in total. The van der Waals surface area contributed by atoms with E-state index in [2.05, 4.69) is 9.46 Å². The van der Waals surface area contributed by atoms with Crippen molar-refractivity contribution >= 4 is 21.4 Å². The fourth-order valence-electron chi connectivity index (χ4n) is 3.25. The van der Waals surface area contributed by atoms with E-state index in [1.807, 2.05) is 4.90 Å². The summed E-state index contributed by atoms with van der Waals surface area (Å²) in [6, 6.07) is 3.49. The molecule has 1 N–H and O–H groups in total. The van der Waals surface area contributed by atoms with Gasteiger partial charge in [-0.25, -0.2) is 13.1 Å². The van der Waals surface area contributed by atoms with Crippen molar-refractivity contribution in [3.63, 3.8) is 0 Å². The van der Waals surface area contributed by atoms with Crippen molar-refractivity contribution in [2.75, 3.05) is 50.8 Å². The maximum atomic E-state index is 12.3. The van der Waals surface area contributed by atoms with Crippen molar-refractivity contribution in [3.05, 3.63) is 28.3 Å². The summed E-state index contributed by atoms with van der Waals surface area (Å²) >= 11 is 0. The lowest BCUT2D eigenvalue weighted by atomic mass is 10.2. The molecule has 176 valence electrons. The second-order valence-corrected chi connectivity index (χ2v) is 9.25. The van der Waals surface area contributed by atoms with Gasteiger partial charge in [-0.15, -0.1) is 0 Å². The fourth-order valence-corrected chi connectivity index (χ4v) is 4.52. The predicted octanol–water partition coefficient (Wildman–Crippen LogP) is 2.37. The van der Waals surface area contributed by atoms with E-state index in [9.17, 15) is 31.7 Å². The number of benzene rings is 1. The van der Waals surface area contributed by atoms with Crippen molar-refractivity contribution in [1.29, 1.82) is 0 Å². The minimum atomic E-state index is -4.33. The van der Waals surface area contributed by atoms with Crippen LogP contribution in [0.4, 0.5) is 24.5 Å². The quantitative estimate of drug-likeness (QED) is 0.319. The molecule has 2 rings (SSSR count). The topological polar surface area (TPSA) is 105 Å². The molecule has 13 heteroatoms. The zero-order valence-corrected chi connectivity index (χ0v) is 18.2. The molecule has 0 amide bonds. The summed E-state index contributed by atoms with van der Waals surface area (Å²) in [4.78, 5) is 14.6. The molecule has 1 fully saturated rings. The zero-order chi connectivity index (χ0) is 23.2. The summed E-state index contributed by atoms with van der Waals surface area (Å²) in [5.74, 6) is 0. The van der Waals surface area contributed by atoms with E-state index in [0.717, 1.165) is 6.07 Å². The van der Waals surface area contributed by atoms with E-state index in [1.54, 1.807) is 18.7 Å². The van der Waals surface area contributed by atoms with Crippen LogP contribution >= 0.6 is 0 Å². The lowest BCUT2D eigenvalue weighted by molar-refractivity contribution is -0.384. The first-order chi connectivity index (χ1) is 14.4. The van der Waals surface area contributed by atoms with Gasteiger partial charge in [-0.3, -0.25) is 15.0 Å². The van der Waals surface area contributed by atoms with E-state index < -0.39 is 27.7 Å². The maximum Gasteiger partial charge on any atom is 0.411 e. The molecule has 1 aromatic carbocycles. The molecule has 0 unspecified atom stereocenters. The Labute approximate surface area is 179 Å². The minimum absolute atomic E-state index is 0.00550. The highest BCUT2D eigenvalue weighted by Gasteiger charge is 2.28. The van der Waals surface area contributed by atoms with Crippen LogP contribution < -0.4 is 9.62 Å². The number of hydrogen-bond acceptors (Lipinski definition) is 7. The Balaban J connectivity index is 1.96. The number of alkyl halides is 3. The normalized spacial score (nSPS) is 16.1. The third-order valence-electron chi connectivity index (χ3n) is 4.59. The molecule has 1 aromatic rings. The van der Waals surface area contributed by atoms with Crippen LogP contribution in [0.1, 0.15) is 20.3 Å². The van der Waals surface area contributed by atoms with Gasteiger partial charge in [0.05, 0.1) is 9.82 Å². The molecule has 0 radical (unpaired) electrons. The van der Waals surface area contributed by atoms with Gasteiger partial charge in [0.2, 0.25) is 10.0 Å². The Morgan fingerprint density at radius 1 is 1.23 bits per heavy atom. The van der Waals surface area contributed by atoms with Crippen LogP contribution in [0.2, 0.25) is 0 Å². The largest absolute Gasteiger partial charge is 0.411 e. The molecule has 1 aliphatic heterocycles. The van der Waals surface area contributed by atoms with E-state index in [0.29, 0.717) is 44.8 Å². The standard InChI is InChI=1S/C18H27F3N4O5S/c1-14(2)22-31(28,29)15-4-5-16(17(12-15)25(26)27)24-9-7-23(8-10-24)6-3-11-30-13-18(19,20)21/h4-5,12,14,22H,3,6-11,13H2,1-2H3. The summed E-state index contributed by atoms with van der Waals surface area (Å²) in [5.41, 5.74) is 0.0438. The lowest BCUT2D eigenvalue weighted by Gasteiger charge is -2.35. The van der Waals surface area contributed by atoms with Crippen molar-refractivity contribution < 1.29 is 31.2 Å². The zero-order valence-electron chi connectivity index (χ0n) is 17.4. The average Bonchev–Trinajstić information content (AvgIpc) is 2.66. The number of piperazine rings is 1. The first-order valence-electron chi connectivity index (χ1n) is 9.81. The fraction of sp³-hybridized carbons (Fsp3) is 0.667. The first kappa shape index (κ1) is 25.3. The van der Waals surface area contributed by atoms with Gasteiger partial charge in [-0.2, -0.15) is 13.2 Å². The van der Waals surface area contributed by atoms with Gasteiger partial charge in [0.25, 0.3) is 5.69 Å². The molecule has 0 aromatic heterocycles. The summed E-state index contributed by atoms with van der Waals surface area (Å²) in [5, 5.41) is 11.6. The third-order valence-corrected chi connectivity index (χ3v) is 6.24. The second-order valence-electron chi connectivity index (χ2n) is 7.53. The summed E-state index contributed by atoms with van der Waals surface area (Å²) < 4.78 is 67.8. The number of nitrogens with zero attached hydrogens (tertiary/aromatic N) is 3. The molecular weight excluding hydrogens is 441 g/mol. The molecule has 1 saturated heterocycles. The van der Waals surface area contributed by atoms with Crippen molar-refractivity contribution in [1.82, 2.24) is 9.62 Å². The van der Waals surface area contributed by atoms with Gasteiger partial charge < -0.3 is 9.64 Å². The Morgan fingerprint density at radius 3 is 2.42 bits per heavy atom. The van der Waals surface area contributed by atoms with Crippen LogP contribution in [0.3, 0.4) is 0 Å².